The third kappa shape index (κ3) is 4.60. The number of hydrogen-bond acceptors (Lipinski definition) is 5. The first-order valence-electron chi connectivity index (χ1n) is 9.40. The molecule has 0 saturated heterocycles. The van der Waals surface area contributed by atoms with E-state index in [9.17, 15) is 4.79 Å². The van der Waals surface area contributed by atoms with Crippen molar-refractivity contribution >= 4 is 50.6 Å². The smallest absolute Gasteiger partial charge is 0.239 e. The number of amides is 1. The molecule has 4 aromatic rings. The van der Waals surface area contributed by atoms with E-state index in [4.69, 9.17) is 5.73 Å². The standard InChI is InChI=1S/C23H21N3OS2/c1-2-21(29-19-11-9-18(24)10-12-19)22(27)26-23-25-20(14-28-23)17-8-7-15-5-3-4-6-16(15)13-17/h3-14,21H,2,24H2,1H3,(H,25,26,27). The van der Waals surface area contributed by atoms with Crippen molar-refractivity contribution < 1.29 is 4.79 Å². The molecule has 0 aliphatic rings. The molecule has 4 nitrogen and oxygen atoms in total. The zero-order chi connectivity index (χ0) is 20.2. The molecule has 1 aromatic heterocycles. The Hall–Kier alpha value is -2.83. The average Bonchev–Trinajstić information content (AvgIpc) is 3.21. The van der Waals surface area contributed by atoms with E-state index in [1.165, 1.54) is 33.9 Å². The van der Waals surface area contributed by atoms with Crippen molar-refractivity contribution in [1.82, 2.24) is 4.98 Å². The van der Waals surface area contributed by atoms with Crippen LogP contribution < -0.4 is 11.1 Å². The van der Waals surface area contributed by atoms with Crippen LogP contribution in [0.15, 0.2) is 77.0 Å². The van der Waals surface area contributed by atoms with Crippen LogP contribution in [0.4, 0.5) is 10.8 Å². The molecular formula is C23H21N3OS2. The van der Waals surface area contributed by atoms with E-state index in [-0.39, 0.29) is 11.2 Å². The summed E-state index contributed by atoms with van der Waals surface area (Å²) in [6.07, 6.45) is 0.726. The van der Waals surface area contributed by atoms with Crippen molar-refractivity contribution in [3.8, 4) is 11.3 Å². The van der Waals surface area contributed by atoms with E-state index < -0.39 is 0 Å². The summed E-state index contributed by atoms with van der Waals surface area (Å²) in [5, 5.41) is 7.76. The number of thioether (sulfide) groups is 1. The number of benzene rings is 3. The summed E-state index contributed by atoms with van der Waals surface area (Å²) in [6, 6.07) is 22.1. The van der Waals surface area contributed by atoms with Crippen LogP contribution in [-0.2, 0) is 4.79 Å². The third-order valence-corrected chi connectivity index (χ3v) is 6.74. The first-order chi connectivity index (χ1) is 14.1. The summed E-state index contributed by atoms with van der Waals surface area (Å²) in [5.74, 6) is -0.0336. The minimum absolute atomic E-state index is 0.0336. The predicted molar refractivity (Wildman–Crippen MR) is 124 cm³/mol. The van der Waals surface area contributed by atoms with Gasteiger partial charge in [-0.05, 0) is 47.5 Å². The molecular weight excluding hydrogens is 398 g/mol. The molecule has 0 aliphatic carbocycles. The molecule has 3 N–H and O–H groups in total. The van der Waals surface area contributed by atoms with Gasteiger partial charge in [-0.3, -0.25) is 4.79 Å². The number of aromatic nitrogens is 1. The van der Waals surface area contributed by atoms with E-state index in [0.717, 1.165) is 28.3 Å². The second-order valence-corrected chi connectivity index (χ2v) is 8.81. The van der Waals surface area contributed by atoms with Gasteiger partial charge in [0.25, 0.3) is 0 Å². The highest BCUT2D eigenvalue weighted by atomic mass is 32.2. The van der Waals surface area contributed by atoms with E-state index in [2.05, 4.69) is 40.6 Å². The topological polar surface area (TPSA) is 68.0 Å². The van der Waals surface area contributed by atoms with Crippen LogP contribution in [0, 0.1) is 0 Å². The Morgan fingerprint density at radius 1 is 1.10 bits per heavy atom. The largest absolute Gasteiger partial charge is 0.399 e. The highest BCUT2D eigenvalue weighted by molar-refractivity contribution is 8.00. The molecule has 0 aliphatic heterocycles. The fourth-order valence-electron chi connectivity index (χ4n) is 3.03. The molecule has 29 heavy (non-hydrogen) atoms. The van der Waals surface area contributed by atoms with Crippen LogP contribution in [0.5, 0.6) is 0 Å². The third-order valence-electron chi connectivity index (χ3n) is 4.60. The number of hydrogen-bond donors (Lipinski definition) is 2. The van der Waals surface area contributed by atoms with Gasteiger partial charge in [0.1, 0.15) is 0 Å². The molecule has 1 amide bonds. The molecule has 4 rings (SSSR count). The summed E-state index contributed by atoms with van der Waals surface area (Å²) in [7, 11) is 0. The first kappa shape index (κ1) is 19.5. The highest BCUT2D eigenvalue weighted by Gasteiger charge is 2.19. The first-order valence-corrected chi connectivity index (χ1v) is 11.2. The molecule has 0 bridgehead atoms. The average molecular weight is 420 g/mol. The van der Waals surface area contributed by atoms with Gasteiger partial charge in [0.15, 0.2) is 5.13 Å². The number of nitrogens with zero attached hydrogens (tertiary/aromatic N) is 1. The van der Waals surface area contributed by atoms with E-state index in [1.54, 1.807) is 0 Å². The van der Waals surface area contributed by atoms with Crippen molar-refractivity contribution in [1.29, 1.82) is 0 Å². The van der Waals surface area contributed by atoms with Crippen molar-refractivity contribution in [2.24, 2.45) is 0 Å². The van der Waals surface area contributed by atoms with Gasteiger partial charge in [0.05, 0.1) is 10.9 Å². The molecule has 1 unspecified atom stereocenters. The van der Waals surface area contributed by atoms with E-state index in [1.807, 2.05) is 48.7 Å². The SMILES string of the molecule is CCC(Sc1ccc(N)cc1)C(=O)Nc1nc(-c2ccc3ccccc3c2)cs1. The number of carbonyl (C=O) groups is 1. The van der Waals surface area contributed by atoms with E-state index >= 15 is 0 Å². The maximum Gasteiger partial charge on any atom is 0.239 e. The molecule has 0 fully saturated rings. The number of rotatable bonds is 6. The Labute approximate surface area is 178 Å². The zero-order valence-corrected chi connectivity index (χ0v) is 17.6. The Morgan fingerprint density at radius 2 is 1.86 bits per heavy atom. The molecule has 0 saturated carbocycles. The lowest BCUT2D eigenvalue weighted by Crippen LogP contribution is -2.24. The second-order valence-electron chi connectivity index (χ2n) is 6.67. The minimum Gasteiger partial charge on any atom is -0.399 e. The summed E-state index contributed by atoms with van der Waals surface area (Å²) < 4.78 is 0. The quantitative estimate of drug-likeness (QED) is 0.295. The number of nitrogens with two attached hydrogens (primary N) is 1. The molecule has 0 spiro atoms. The molecule has 1 heterocycles. The van der Waals surface area contributed by atoms with E-state index in [0.29, 0.717) is 5.13 Å². The minimum atomic E-state index is -0.188. The number of anilines is 2. The van der Waals surface area contributed by atoms with Gasteiger partial charge in [0.2, 0.25) is 5.91 Å². The molecule has 146 valence electrons. The Morgan fingerprint density at radius 3 is 2.62 bits per heavy atom. The van der Waals surface area contributed by atoms with Crippen molar-refractivity contribution in [3.63, 3.8) is 0 Å². The molecule has 3 aromatic carbocycles. The second kappa shape index (κ2) is 8.68. The van der Waals surface area contributed by atoms with Crippen LogP contribution in [-0.4, -0.2) is 16.1 Å². The summed E-state index contributed by atoms with van der Waals surface area (Å²) in [4.78, 5) is 18.4. The Bertz CT molecular complexity index is 1140. The van der Waals surface area contributed by atoms with Crippen LogP contribution in [0.1, 0.15) is 13.3 Å². The van der Waals surface area contributed by atoms with Gasteiger partial charge in [0, 0.05) is 21.5 Å². The Balaban J connectivity index is 1.46. The van der Waals surface area contributed by atoms with Crippen molar-refractivity contribution in [2.45, 2.75) is 23.5 Å². The lowest BCUT2D eigenvalue weighted by atomic mass is 10.1. The fraction of sp³-hybridized carbons (Fsp3) is 0.130. The van der Waals surface area contributed by atoms with Crippen LogP contribution in [0.3, 0.4) is 0 Å². The number of nitrogens with one attached hydrogen (secondary N) is 1. The summed E-state index contributed by atoms with van der Waals surface area (Å²) in [5.41, 5.74) is 8.37. The predicted octanol–water partition coefficient (Wildman–Crippen LogP) is 6.05. The van der Waals surface area contributed by atoms with Crippen LogP contribution in [0.25, 0.3) is 22.0 Å². The lowest BCUT2D eigenvalue weighted by molar-refractivity contribution is -0.115. The summed E-state index contributed by atoms with van der Waals surface area (Å²) >= 11 is 2.98. The lowest BCUT2D eigenvalue weighted by Gasteiger charge is -2.13. The van der Waals surface area contributed by atoms with Crippen LogP contribution in [0.2, 0.25) is 0 Å². The maximum absolute atomic E-state index is 12.7. The summed E-state index contributed by atoms with van der Waals surface area (Å²) in [6.45, 7) is 2.01. The van der Waals surface area contributed by atoms with Crippen molar-refractivity contribution in [2.75, 3.05) is 11.1 Å². The number of nitrogen functional groups attached to an aromatic ring is 1. The monoisotopic (exact) mass is 419 g/mol. The van der Waals surface area contributed by atoms with Crippen molar-refractivity contribution in [3.05, 3.63) is 72.1 Å². The molecule has 0 radical (unpaired) electrons. The van der Waals surface area contributed by atoms with Crippen LogP contribution >= 0.6 is 23.1 Å². The highest BCUT2D eigenvalue weighted by Crippen LogP contribution is 2.30. The van der Waals surface area contributed by atoms with Gasteiger partial charge in [-0.1, -0.05) is 43.3 Å². The fourth-order valence-corrected chi connectivity index (χ4v) is 4.71. The normalized spacial score (nSPS) is 12.0. The van der Waals surface area contributed by atoms with Gasteiger partial charge in [-0.15, -0.1) is 23.1 Å². The van der Waals surface area contributed by atoms with Gasteiger partial charge in [-0.2, -0.15) is 0 Å². The molecule has 6 heteroatoms. The number of carbonyl (C=O) groups excluding carboxylic acids is 1. The van der Waals surface area contributed by atoms with Gasteiger partial charge < -0.3 is 11.1 Å². The molecule has 1 atom stereocenters. The van der Waals surface area contributed by atoms with Gasteiger partial charge in [-0.25, -0.2) is 4.98 Å². The zero-order valence-electron chi connectivity index (χ0n) is 16.0. The number of fused-ring (bicyclic) bond motifs is 1. The Kier molecular flexibility index (Phi) is 5.83. The van der Waals surface area contributed by atoms with Gasteiger partial charge >= 0.3 is 0 Å². The number of thiazole rings is 1. The maximum atomic E-state index is 12.7.